The zero-order chi connectivity index (χ0) is 13.6. The van der Waals surface area contributed by atoms with Crippen LogP contribution in [0.1, 0.15) is 41.0 Å². The molecule has 0 saturated carbocycles. The maximum absolute atomic E-state index is 11.8. The largest absolute Gasteiger partial charge is 0.368 e. The van der Waals surface area contributed by atoms with Crippen LogP contribution in [0, 0.1) is 5.92 Å². The van der Waals surface area contributed by atoms with Crippen LogP contribution in [0.2, 0.25) is 0 Å². The minimum atomic E-state index is -0.479. The van der Waals surface area contributed by atoms with Crippen LogP contribution in [0.15, 0.2) is 0 Å². The second-order valence-corrected chi connectivity index (χ2v) is 4.83. The van der Waals surface area contributed by atoms with Crippen molar-refractivity contribution in [2.24, 2.45) is 11.7 Å². The number of carbonyl (C=O) groups is 2. The molecule has 2 amide bonds. The van der Waals surface area contributed by atoms with E-state index >= 15 is 0 Å². The fraction of sp³-hybridized carbons (Fsp3) is 0.833. The maximum Gasteiger partial charge on any atom is 0.237 e. The summed E-state index contributed by atoms with van der Waals surface area (Å²) in [6.07, 6.45) is 0.877. The Hall–Kier alpha value is -1.10. The average Bonchev–Trinajstić information content (AvgIpc) is 2.23. The van der Waals surface area contributed by atoms with Crippen molar-refractivity contribution in [3.05, 3.63) is 0 Å². The van der Waals surface area contributed by atoms with Crippen molar-refractivity contribution < 1.29 is 9.59 Å². The molecule has 100 valence electrons. The molecule has 0 aliphatic heterocycles. The molecule has 0 aromatic rings. The lowest BCUT2D eigenvalue weighted by molar-refractivity contribution is -0.125. The summed E-state index contributed by atoms with van der Waals surface area (Å²) in [4.78, 5) is 23.0. The molecule has 0 bridgehead atoms. The van der Waals surface area contributed by atoms with E-state index in [2.05, 4.69) is 10.6 Å². The fourth-order valence-corrected chi connectivity index (χ4v) is 1.42. The van der Waals surface area contributed by atoms with Crippen LogP contribution < -0.4 is 16.4 Å². The van der Waals surface area contributed by atoms with Gasteiger partial charge in [-0.2, -0.15) is 0 Å². The van der Waals surface area contributed by atoms with Crippen LogP contribution in [0.5, 0.6) is 0 Å². The first-order chi connectivity index (χ1) is 7.79. The Morgan fingerprint density at radius 2 is 1.71 bits per heavy atom. The Morgan fingerprint density at radius 3 is 2.06 bits per heavy atom. The van der Waals surface area contributed by atoms with Crippen molar-refractivity contribution >= 4 is 11.8 Å². The third-order valence-electron chi connectivity index (χ3n) is 2.80. The van der Waals surface area contributed by atoms with Crippen molar-refractivity contribution in [3.8, 4) is 0 Å². The van der Waals surface area contributed by atoms with Gasteiger partial charge in [0, 0.05) is 6.04 Å². The Bertz CT molecular complexity index is 266. The number of hydrogen-bond donors (Lipinski definition) is 3. The first kappa shape index (κ1) is 15.9. The van der Waals surface area contributed by atoms with Gasteiger partial charge < -0.3 is 11.1 Å². The van der Waals surface area contributed by atoms with Crippen molar-refractivity contribution in [2.45, 2.75) is 59.2 Å². The van der Waals surface area contributed by atoms with E-state index in [-0.39, 0.29) is 17.9 Å². The molecule has 0 heterocycles. The molecule has 3 unspecified atom stereocenters. The van der Waals surface area contributed by atoms with Crippen LogP contribution in [0.4, 0.5) is 0 Å². The molecule has 5 nitrogen and oxygen atoms in total. The second-order valence-electron chi connectivity index (χ2n) is 4.83. The summed E-state index contributed by atoms with van der Waals surface area (Å²) >= 11 is 0. The minimum Gasteiger partial charge on any atom is -0.368 e. The Labute approximate surface area is 104 Å². The summed E-state index contributed by atoms with van der Waals surface area (Å²) in [5.74, 6) is -0.471. The molecule has 0 fully saturated rings. The van der Waals surface area contributed by atoms with Gasteiger partial charge >= 0.3 is 0 Å². The topological polar surface area (TPSA) is 84.2 Å². The molecule has 5 heteroatoms. The highest BCUT2D eigenvalue weighted by Gasteiger charge is 2.24. The van der Waals surface area contributed by atoms with Gasteiger partial charge in [-0.1, -0.05) is 20.8 Å². The lowest BCUT2D eigenvalue weighted by Crippen LogP contribution is -2.54. The summed E-state index contributed by atoms with van der Waals surface area (Å²) in [7, 11) is 0. The average molecular weight is 243 g/mol. The summed E-state index contributed by atoms with van der Waals surface area (Å²) in [5.41, 5.74) is 5.28. The van der Waals surface area contributed by atoms with E-state index in [1.165, 1.54) is 0 Å². The molecule has 0 aliphatic carbocycles. The van der Waals surface area contributed by atoms with E-state index in [1.807, 2.05) is 27.7 Å². The molecule has 0 spiro atoms. The van der Waals surface area contributed by atoms with E-state index in [1.54, 1.807) is 6.92 Å². The lowest BCUT2D eigenvalue weighted by Gasteiger charge is -2.24. The van der Waals surface area contributed by atoms with Gasteiger partial charge in [0.25, 0.3) is 0 Å². The van der Waals surface area contributed by atoms with Gasteiger partial charge in [0.05, 0.1) is 12.1 Å². The van der Waals surface area contributed by atoms with E-state index in [0.29, 0.717) is 0 Å². The molecule has 0 aromatic heterocycles. The fourth-order valence-electron chi connectivity index (χ4n) is 1.42. The number of carbonyl (C=O) groups excluding carboxylic acids is 2. The first-order valence-electron chi connectivity index (χ1n) is 6.15. The van der Waals surface area contributed by atoms with Crippen LogP contribution in [0.25, 0.3) is 0 Å². The first-order valence-corrected chi connectivity index (χ1v) is 6.15. The van der Waals surface area contributed by atoms with Gasteiger partial charge in [0.15, 0.2) is 0 Å². The van der Waals surface area contributed by atoms with Gasteiger partial charge in [0.1, 0.15) is 0 Å². The standard InChI is InChI=1S/C12H25N3O2/c1-6-8(4)14-12(17)9(5)15-10(7(2)3)11(13)16/h7-10,15H,6H2,1-5H3,(H2,13,16)(H,14,17). The van der Waals surface area contributed by atoms with Crippen molar-refractivity contribution in [1.82, 2.24) is 10.6 Å². The van der Waals surface area contributed by atoms with Crippen LogP contribution >= 0.6 is 0 Å². The third-order valence-corrected chi connectivity index (χ3v) is 2.80. The molecule has 0 aromatic carbocycles. The van der Waals surface area contributed by atoms with E-state index in [4.69, 9.17) is 5.73 Å². The number of amides is 2. The molecule has 4 N–H and O–H groups in total. The van der Waals surface area contributed by atoms with Gasteiger partial charge in [-0.3, -0.25) is 14.9 Å². The monoisotopic (exact) mass is 243 g/mol. The minimum absolute atomic E-state index is 0.0614. The predicted molar refractivity (Wildman–Crippen MR) is 68.3 cm³/mol. The smallest absolute Gasteiger partial charge is 0.237 e. The van der Waals surface area contributed by atoms with Gasteiger partial charge in [-0.25, -0.2) is 0 Å². The Kier molecular flexibility index (Phi) is 6.80. The molecular formula is C12H25N3O2. The summed E-state index contributed by atoms with van der Waals surface area (Å²) in [6.45, 7) is 9.46. The van der Waals surface area contributed by atoms with Crippen molar-refractivity contribution in [3.63, 3.8) is 0 Å². The van der Waals surface area contributed by atoms with Crippen LogP contribution in [-0.2, 0) is 9.59 Å². The van der Waals surface area contributed by atoms with Crippen LogP contribution in [0.3, 0.4) is 0 Å². The number of nitrogens with one attached hydrogen (secondary N) is 2. The molecule has 0 saturated heterocycles. The van der Waals surface area contributed by atoms with Gasteiger partial charge in [-0.15, -0.1) is 0 Å². The zero-order valence-electron chi connectivity index (χ0n) is 11.4. The second kappa shape index (κ2) is 7.27. The summed E-state index contributed by atoms with van der Waals surface area (Å²) in [5, 5.41) is 5.82. The summed E-state index contributed by atoms with van der Waals surface area (Å²) < 4.78 is 0. The summed E-state index contributed by atoms with van der Waals surface area (Å²) in [6, 6.07) is -0.769. The molecule has 0 rings (SSSR count). The molecule has 17 heavy (non-hydrogen) atoms. The van der Waals surface area contributed by atoms with E-state index < -0.39 is 18.0 Å². The third kappa shape index (κ3) is 5.68. The quantitative estimate of drug-likeness (QED) is 0.604. The van der Waals surface area contributed by atoms with E-state index in [9.17, 15) is 9.59 Å². The molecular weight excluding hydrogens is 218 g/mol. The lowest BCUT2D eigenvalue weighted by atomic mass is 10.0. The zero-order valence-corrected chi connectivity index (χ0v) is 11.4. The van der Waals surface area contributed by atoms with Crippen LogP contribution in [-0.4, -0.2) is 29.9 Å². The Balaban J connectivity index is 4.35. The molecule has 3 atom stereocenters. The highest BCUT2D eigenvalue weighted by Crippen LogP contribution is 2.02. The molecule has 0 radical (unpaired) electrons. The number of hydrogen-bond acceptors (Lipinski definition) is 3. The van der Waals surface area contributed by atoms with Gasteiger partial charge in [-0.05, 0) is 26.2 Å². The van der Waals surface area contributed by atoms with E-state index in [0.717, 1.165) is 6.42 Å². The SMILES string of the molecule is CCC(C)NC(=O)C(C)NC(C(N)=O)C(C)C. The normalized spacial score (nSPS) is 16.4. The predicted octanol–water partition coefficient (Wildman–Crippen LogP) is 0.389. The number of nitrogens with two attached hydrogens (primary N) is 1. The van der Waals surface area contributed by atoms with Crippen molar-refractivity contribution in [1.29, 1.82) is 0 Å². The number of rotatable bonds is 7. The Morgan fingerprint density at radius 1 is 1.18 bits per heavy atom. The maximum atomic E-state index is 11.8. The van der Waals surface area contributed by atoms with Gasteiger partial charge in [0.2, 0.25) is 11.8 Å². The van der Waals surface area contributed by atoms with Crippen molar-refractivity contribution in [2.75, 3.05) is 0 Å². The molecule has 0 aliphatic rings. The highest BCUT2D eigenvalue weighted by molar-refractivity contribution is 5.84. The highest BCUT2D eigenvalue weighted by atomic mass is 16.2. The number of primary amides is 1.